The zero-order valence-electron chi connectivity index (χ0n) is 15.3. The topological polar surface area (TPSA) is 43.9 Å². The lowest BCUT2D eigenvalue weighted by Crippen LogP contribution is -2.39. The highest BCUT2D eigenvalue weighted by molar-refractivity contribution is 9.10. The van der Waals surface area contributed by atoms with Gasteiger partial charge in [-0.2, -0.15) is 0 Å². The molecule has 2 aliphatic heterocycles. The third-order valence-electron chi connectivity index (χ3n) is 5.40. The fraction of sp³-hybridized carbons (Fsp3) is 0.333. The first kappa shape index (κ1) is 18.0. The van der Waals surface area contributed by atoms with E-state index < -0.39 is 0 Å². The fourth-order valence-corrected chi connectivity index (χ4v) is 4.41. The predicted molar refractivity (Wildman–Crippen MR) is 110 cm³/mol. The highest BCUT2D eigenvalue weighted by atomic mass is 79.9. The van der Waals surface area contributed by atoms with Crippen LogP contribution in [-0.2, 0) is 16.1 Å². The molecule has 0 bridgehead atoms. The zero-order chi connectivity index (χ0) is 19.0. The number of anilines is 2. The Morgan fingerprint density at radius 1 is 1.04 bits per heavy atom. The Bertz CT molecular complexity index is 885. The number of hydrogen-bond donors (Lipinski definition) is 0. The van der Waals surface area contributed by atoms with Crippen molar-refractivity contribution in [2.45, 2.75) is 13.0 Å². The molecule has 27 heavy (non-hydrogen) atoms. The Morgan fingerprint density at radius 3 is 2.52 bits per heavy atom. The number of rotatable bonds is 2. The molecule has 2 aliphatic rings. The lowest BCUT2D eigenvalue weighted by molar-refractivity contribution is -0.136. The maximum atomic E-state index is 13.2. The maximum absolute atomic E-state index is 13.2. The van der Waals surface area contributed by atoms with Gasteiger partial charge < -0.3 is 14.7 Å². The third-order valence-corrected chi connectivity index (χ3v) is 6.07. The number of fused-ring (bicyclic) bond motifs is 1. The van der Waals surface area contributed by atoms with Gasteiger partial charge in [-0.15, -0.1) is 0 Å². The number of hydrogen-bond acceptors (Lipinski definition) is 3. The minimum absolute atomic E-state index is 0.00703. The summed E-state index contributed by atoms with van der Waals surface area (Å²) >= 11 is 3.51. The van der Waals surface area contributed by atoms with Crippen LogP contribution in [0.5, 0.6) is 0 Å². The summed E-state index contributed by atoms with van der Waals surface area (Å²) in [5.74, 6) is -0.212. The van der Waals surface area contributed by atoms with Crippen molar-refractivity contribution in [1.29, 1.82) is 0 Å². The molecular formula is C21H22BrN3O2. The number of amides is 2. The van der Waals surface area contributed by atoms with Gasteiger partial charge in [0.1, 0.15) is 0 Å². The van der Waals surface area contributed by atoms with Gasteiger partial charge in [-0.05, 0) is 39.7 Å². The van der Waals surface area contributed by atoms with Crippen molar-refractivity contribution >= 4 is 39.1 Å². The first-order valence-corrected chi connectivity index (χ1v) is 9.96. The van der Waals surface area contributed by atoms with E-state index in [0.717, 1.165) is 22.3 Å². The molecular weight excluding hydrogens is 406 g/mol. The monoisotopic (exact) mass is 427 g/mol. The lowest BCUT2D eigenvalue weighted by Gasteiger charge is -2.24. The molecule has 2 aromatic carbocycles. The van der Waals surface area contributed by atoms with E-state index >= 15 is 0 Å². The van der Waals surface area contributed by atoms with Crippen LogP contribution in [0.25, 0.3) is 0 Å². The summed E-state index contributed by atoms with van der Waals surface area (Å²) in [4.78, 5) is 31.6. The van der Waals surface area contributed by atoms with Crippen LogP contribution < -0.4 is 9.80 Å². The van der Waals surface area contributed by atoms with E-state index in [0.29, 0.717) is 19.6 Å². The first-order chi connectivity index (χ1) is 13.0. The highest BCUT2D eigenvalue weighted by Crippen LogP contribution is 2.32. The standard InChI is InChI=1S/C21H22BrN3O2/c1-23-10-11-24(13-15-6-2-4-8-18(15)23)21(27)16-12-20(26)25(14-16)19-9-5-3-7-17(19)22/h2-9,16H,10-14H2,1H3. The summed E-state index contributed by atoms with van der Waals surface area (Å²) in [5, 5.41) is 0. The van der Waals surface area contributed by atoms with E-state index in [2.05, 4.69) is 40.0 Å². The van der Waals surface area contributed by atoms with Crippen molar-refractivity contribution in [3.05, 3.63) is 58.6 Å². The van der Waals surface area contributed by atoms with E-state index in [1.54, 1.807) is 4.90 Å². The normalized spacial score (nSPS) is 19.9. The van der Waals surface area contributed by atoms with Gasteiger partial charge in [-0.1, -0.05) is 30.3 Å². The second-order valence-electron chi connectivity index (χ2n) is 7.17. The van der Waals surface area contributed by atoms with Gasteiger partial charge in [0.15, 0.2) is 0 Å². The van der Waals surface area contributed by atoms with Crippen molar-refractivity contribution in [1.82, 2.24) is 4.90 Å². The van der Waals surface area contributed by atoms with Gasteiger partial charge in [-0.25, -0.2) is 0 Å². The van der Waals surface area contributed by atoms with E-state index in [-0.39, 0.29) is 24.2 Å². The highest BCUT2D eigenvalue weighted by Gasteiger charge is 2.38. The van der Waals surface area contributed by atoms with Gasteiger partial charge in [0.2, 0.25) is 11.8 Å². The van der Waals surface area contributed by atoms with Crippen molar-refractivity contribution in [2.75, 3.05) is 36.5 Å². The zero-order valence-corrected chi connectivity index (χ0v) is 16.9. The quantitative estimate of drug-likeness (QED) is 0.738. The molecule has 0 aliphatic carbocycles. The van der Waals surface area contributed by atoms with E-state index in [1.165, 1.54) is 5.69 Å². The Labute approximate surface area is 167 Å². The second-order valence-corrected chi connectivity index (χ2v) is 8.02. The average Bonchev–Trinajstić information content (AvgIpc) is 2.97. The summed E-state index contributed by atoms with van der Waals surface area (Å²) in [6, 6.07) is 15.9. The van der Waals surface area contributed by atoms with Gasteiger partial charge in [-0.3, -0.25) is 9.59 Å². The van der Waals surface area contributed by atoms with Crippen LogP contribution in [-0.4, -0.2) is 43.4 Å². The molecule has 1 fully saturated rings. The molecule has 1 unspecified atom stereocenters. The molecule has 0 N–H and O–H groups in total. The molecule has 2 amide bonds. The molecule has 0 saturated carbocycles. The largest absolute Gasteiger partial charge is 0.373 e. The van der Waals surface area contributed by atoms with Gasteiger partial charge in [0, 0.05) is 49.8 Å². The second kappa shape index (κ2) is 7.35. The molecule has 4 rings (SSSR count). The van der Waals surface area contributed by atoms with Crippen LogP contribution in [0, 0.1) is 5.92 Å². The molecule has 1 atom stereocenters. The summed E-state index contributed by atoms with van der Waals surface area (Å²) in [6.07, 6.45) is 0.272. The molecule has 140 valence electrons. The van der Waals surface area contributed by atoms with Crippen molar-refractivity contribution in [3.63, 3.8) is 0 Å². The first-order valence-electron chi connectivity index (χ1n) is 9.17. The molecule has 2 aromatic rings. The van der Waals surface area contributed by atoms with E-state index in [9.17, 15) is 9.59 Å². The van der Waals surface area contributed by atoms with Gasteiger partial charge in [0.05, 0.1) is 11.6 Å². The Hall–Kier alpha value is -2.34. The number of carbonyl (C=O) groups excluding carboxylic acids is 2. The van der Waals surface area contributed by atoms with Crippen molar-refractivity contribution < 1.29 is 9.59 Å². The summed E-state index contributed by atoms with van der Waals surface area (Å²) < 4.78 is 0.872. The molecule has 5 nitrogen and oxygen atoms in total. The number of halogens is 1. The maximum Gasteiger partial charge on any atom is 0.228 e. The number of likely N-dealkylation sites (N-methyl/N-ethyl adjacent to an activating group) is 1. The van der Waals surface area contributed by atoms with Crippen LogP contribution in [0.15, 0.2) is 53.0 Å². The fourth-order valence-electron chi connectivity index (χ4n) is 3.92. The number of carbonyl (C=O) groups is 2. The molecule has 6 heteroatoms. The average molecular weight is 428 g/mol. The number of para-hydroxylation sites is 2. The minimum Gasteiger partial charge on any atom is -0.373 e. The summed E-state index contributed by atoms with van der Waals surface area (Å²) in [6.45, 7) is 2.49. The molecule has 1 saturated heterocycles. The van der Waals surface area contributed by atoms with Gasteiger partial charge in [0.25, 0.3) is 0 Å². The van der Waals surface area contributed by atoms with Crippen molar-refractivity contribution in [2.24, 2.45) is 5.92 Å². The van der Waals surface area contributed by atoms with Gasteiger partial charge >= 0.3 is 0 Å². The molecule has 0 radical (unpaired) electrons. The Morgan fingerprint density at radius 2 is 1.74 bits per heavy atom. The molecule has 2 heterocycles. The minimum atomic E-state index is -0.292. The third kappa shape index (κ3) is 3.46. The smallest absolute Gasteiger partial charge is 0.228 e. The van der Waals surface area contributed by atoms with Crippen LogP contribution in [0.2, 0.25) is 0 Å². The van der Waals surface area contributed by atoms with E-state index in [4.69, 9.17) is 0 Å². The number of benzene rings is 2. The van der Waals surface area contributed by atoms with Crippen molar-refractivity contribution in [3.8, 4) is 0 Å². The lowest BCUT2D eigenvalue weighted by atomic mass is 10.1. The molecule has 0 spiro atoms. The predicted octanol–water partition coefficient (Wildman–Crippen LogP) is 3.28. The summed E-state index contributed by atoms with van der Waals surface area (Å²) in [5.41, 5.74) is 3.15. The number of nitrogens with zero attached hydrogens (tertiary/aromatic N) is 3. The Kier molecular flexibility index (Phi) is 4.91. The van der Waals surface area contributed by atoms with E-state index in [1.807, 2.05) is 41.3 Å². The van der Waals surface area contributed by atoms with Crippen LogP contribution in [0.4, 0.5) is 11.4 Å². The Balaban J connectivity index is 1.52. The van der Waals surface area contributed by atoms with Crippen LogP contribution >= 0.6 is 15.9 Å². The SMILES string of the molecule is CN1CCN(C(=O)C2CC(=O)N(c3ccccc3Br)C2)Cc2ccccc21. The summed E-state index contributed by atoms with van der Waals surface area (Å²) in [7, 11) is 2.06. The molecule has 0 aromatic heterocycles. The van der Waals surface area contributed by atoms with Crippen LogP contribution in [0.3, 0.4) is 0 Å². The van der Waals surface area contributed by atoms with Crippen LogP contribution in [0.1, 0.15) is 12.0 Å².